The van der Waals surface area contributed by atoms with Gasteiger partial charge >= 0.3 is 6.18 Å². The lowest BCUT2D eigenvalue weighted by Gasteiger charge is -2.09. The van der Waals surface area contributed by atoms with Crippen molar-refractivity contribution in [3.05, 3.63) is 60.4 Å². The number of thiazole rings is 1. The molecule has 2 heterocycles. The Kier molecular flexibility index (Phi) is 5.76. The number of aliphatic hydroxyl groups is 1. The van der Waals surface area contributed by atoms with E-state index in [-0.39, 0.29) is 5.88 Å². The molecule has 0 saturated carbocycles. The molecule has 1 amide bonds. The highest BCUT2D eigenvalue weighted by molar-refractivity contribution is 7.22. The van der Waals surface area contributed by atoms with Gasteiger partial charge in [-0.15, -0.1) is 0 Å². The van der Waals surface area contributed by atoms with Crippen LogP contribution < -0.4 is 10.1 Å². The maximum absolute atomic E-state index is 12.8. The van der Waals surface area contributed by atoms with E-state index >= 15 is 0 Å². The lowest BCUT2D eigenvalue weighted by molar-refractivity contribution is -0.137. The first-order valence-corrected chi connectivity index (χ1v) is 10.1. The monoisotopic (exact) mass is 460 g/mol. The Balaban J connectivity index is 1.60. The van der Waals surface area contributed by atoms with Crippen molar-refractivity contribution >= 4 is 32.6 Å². The molecule has 0 spiro atoms. The number of para-hydroxylation sites is 1. The molecule has 0 radical (unpaired) electrons. The highest BCUT2D eigenvalue weighted by Gasteiger charge is 2.30. The van der Waals surface area contributed by atoms with Crippen molar-refractivity contribution < 1.29 is 27.8 Å². The normalized spacial score (nSPS) is 12.5. The molecule has 0 unspecified atom stereocenters. The van der Waals surface area contributed by atoms with Crippen LogP contribution in [0.1, 0.15) is 12.5 Å². The Morgan fingerprint density at radius 2 is 1.91 bits per heavy atom. The van der Waals surface area contributed by atoms with E-state index in [0.29, 0.717) is 27.7 Å². The molecule has 11 heteroatoms. The minimum absolute atomic E-state index is 0.171. The molecular formula is C21H15F3N4O3S. The third-order valence-corrected chi connectivity index (χ3v) is 5.29. The fourth-order valence-electron chi connectivity index (χ4n) is 2.76. The van der Waals surface area contributed by atoms with E-state index in [0.717, 1.165) is 16.8 Å². The van der Waals surface area contributed by atoms with Crippen LogP contribution in [0, 0.1) is 0 Å². The first-order chi connectivity index (χ1) is 15.2. The van der Waals surface area contributed by atoms with E-state index in [9.17, 15) is 23.1 Å². The zero-order valence-corrected chi connectivity index (χ0v) is 17.2. The molecular weight excluding hydrogens is 445 g/mol. The molecule has 0 aliphatic rings. The van der Waals surface area contributed by atoms with Crippen molar-refractivity contribution in [3.8, 4) is 22.9 Å². The van der Waals surface area contributed by atoms with Gasteiger partial charge in [-0.2, -0.15) is 13.2 Å². The minimum Gasteiger partial charge on any atom is -0.437 e. The highest BCUT2D eigenvalue weighted by Crippen LogP contribution is 2.35. The van der Waals surface area contributed by atoms with Gasteiger partial charge in [-0.3, -0.25) is 10.1 Å². The van der Waals surface area contributed by atoms with Crippen LogP contribution in [-0.4, -0.2) is 32.1 Å². The predicted octanol–water partition coefficient (Wildman–Crippen LogP) is 4.88. The highest BCUT2D eigenvalue weighted by atomic mass is 32.1. The maximum atomic E-state index is 12.8. The van der Waals surface area contributed by atoms with Crippen LogP contribution in [0.2, 0.25) is 0 Å². The molecule has 7 nitrogen and oxygen atoms in total. The average molecular weight is 460 g/mol. The molecule has 0 bridgehead atoms. The summed E-state index contributed by atoms with van der Waals surface area (Å²) in [6.07, 6.45) is -4.35. The largest absolute Gasteiger partial charge is 0.437 e. The minimum atomic E-state index is -4.42. The van der Waals surface area contributed by atoms with Gasteiger partial charge in [0.15, 0.2) is 10.9 Å². The van der Waals surface area contributed by atoms with Gasteiger partial charge in [0.25, 0.3) is 5.91 Å². The molecule has 4 rings (SSSR count). The summed E-state index contributed by atoms with van der Waals surface area (Å²) in [7, 11) is 0. The number of ether oxygens (including phenoxy) is 1. The standard InChI is InChI=1S/C21H15F3N4O3S/c1-11(29)19(30)28-20-27-18-15(3-2-4-16(18)32-20)31-17-9-14(25-10-26-17)12-5-7-13(8-6-12)21(22,23)24/h2-11,29H,1H3,(H,27,28,30)/t11-/m1/s1. The molecule has 2 aromatic carbocycles. The van der Waals surface area contributed by atoms with Crippen LogP contribution in [0.3, 0.4) is 0 Å². The number of fused-ring (bicyclic) bond motifs is 1. The second-order valence-electron chi connectivity index (χ2n) is 6.71. The zero-order valence-electron chi connectivity index (χ0n) is 16.4. The Morgan fingerprint density at radius 1 is 1.16 bits per heavy atom. The number of aromatic nitrogens is 3. The Morgan fingerprint density at radius 3 is 2.59 bits per heavy atom. The Hall–Kier alpha value is -3.57. The summed E-state index contributed by atoms with van der Waals surface area (Å²) >= 11 is 1.21. The number of nitrogens with one attached hydrogen (secondary N) is 1. The maximum Gasteiger partial charge on any atom is 0.416 e. The van der Waals surface area contributed by atoms with Gasteiger partial charge in [-0.1, -0.05) is 29.5 Å². The van der Waals surface area contributed by atoms with Gasteiger partial charge in [0.05, 0.1) is 16.0 Å². The third kappa shape index (κ3) is 4.68. The number of anilines is 1. The number of nitrogens with zero attached hydrogens (tertiary/aromatic N) is 3. The fraction of sp³-hybridized carbons (Fsp3) is 0.143. The van der Waals surface area contributed by atoms with Gasteiger partial charge in [-0.25, -0.2) is 15.0 Å². The number of carbonyl (C=O) groups excluding carboxylic acids is 1. The van der Waals surface area contributed by atoms with E-state index in [1.54, 1.807) is 18.2 Å². The van der Waals surface area contributed by atoms with Crippen LogP contribution in [0.4, 0.5) is 18.3 Å². The molecule has 32 heavy (non-hydrogen) atoms. The van der Waals surface area contributed by atoms with Crippen LogP contribution >= 0.6 is 11.3 Å². The van der Waals surface area contributed by atoms with E-state index in [1.165, 1.54) is 42.8 Å². The first kappa shape index (κ1) is 21.7. The van der Waals surface area contributed by atoms with Crippen LogP contribution in [0.5, 0.6) is 11.6 Å². The number of carbonyl (C=O) groups is 1. The first-order valence-electron chi connectivity index (χ1n) is 9.27. The predicted molar refractivity (Wildman–Crippen MR) is 112 cm³/mol. The van der Waals surface area contributed by atoms with Crippen molar-refractivity contribution in [2.45, 2.75) is 19.2 Å². The number of benzene rings is 2. The summed E-state index contributed by atoms with van der Waals surface area (Å²) in [6, 6.07) is 11.3. The molecule has 1 atom stereocenters. The Labute approximate surface area is 183 Å². The number of alkyl halides is 3. The lowest BCUT2D eigenvalue weighted by Crippen LogP contribution is -2.24. The second kappa shape index (κ2) is 8.52. The number of hydrogen-bond acceptors (Lipinski definition) is 7. The molecule has 0 aliphatic heterocycles. The second-order valence-corrected chi connectivity index (χ2v) is 7.74. The summed E-state index contributed by atoms with van der Waals surface area (Å²) in [5.74, 6) is -0.0400. The summed E-state index contributed by atoms with van der Waals surface area (Å²) in [4.78, 5) is 24.2. The van der Waals surface area contributed by atoms with Crippen molar-refractivity contribution in [1.29, 1.82) is 0 Å². The quantitative estimate of drug-likeness (QED) is 0.441. The van der Waals surface area contributed by atoms with E-state index < -0.39 is 23.8 Å². The molecule has 2 aromatic heterocycles. The van der Waals surface area contributed by atoms with Crippen molar-refractivity contribution in [3.63, 3.8) is 0 Å². The number of aliphatic hydroxyl groups excluding tert-OH is 1. The summed E-state index contributed by atoms with van der Waals surface area (Å²) in [6.45, 7) is 1.35. The number of amides is 1. The van der Waals surface area contributed by atoms with Gasteiger partial charge < -0.3 is 9.84 Å². The SMILES string of the molecule is C[C@@H](O)C(=O)Nc1nc2c(Oc3cc(-c4ccc(C(F)(F)F)cc4)ncn3)cccc2s1. The average Bonchev–Trinajstić information content (AvgIpc) is 3.17. The molecule has 0 fully saturated rings. The number of halogens is 3. The van der Waals surface area contributed by atoms with Crippen molar-refractivity contribution in [2.24, 2.45) is 0 Å². The molecule has 0 saturated heterocycles. The van der Waals surface area contributed by atoms with E-state index in [1.807, 2.05) is 0 Å². The van der Waals surface area contributed by atoms with E-state index in [4.69, 9.17) is 4.74 Å². The van der Waals surface area contributed by atoms with Gasteiger partial charge in [0.2, 0.25) is 5.88 Å². The molecule has 0 aliphatic carbocycles. The van der Waals surface area contributed by atoms with Crippen LogP contribution in [0.15, 0.2) is 54.9 Å². The number of rotatable bonds is 5. The summed E-state index contributed by atoms with van der Waals surface area (Å²) in [5.41, 5.74) is 0.591. The van der Waals surface area contributed by atoms with Gasteiger partial charge in [0.1, 0.15) is 17.9 Å². The zero-order chi connectivity index (χ0) is 22.9. The van der Waals surface area contributed by atoms with Gasteiger partial charge in [-0.05, 0) is 31.2 Å². The van der Waals surface area contributed by atoms with Crippen molar-refractivity contribution in [1.82, 2.24) is 15.0 Å². The summed E-state index contributed by atoms with van der Waals surface area (Å²) in [5, 5.41) is 12.2. The number of hydrogen-bond donors (Lipinski definition) is 2. The molecule has 164 valence electrons. The molecule has 2 N–H and O–H groups in total. The van der Waals surface area contributed by atoms with Crippen LogP contribution in [-0.2, 0) is 11.0 Å². The lowest BCUT2D eigenvalue weighted by atomic mass is 10.1. The van der Waals surface area contributed by atoms with Crippen LogP contribution in [0.25, 0.3) is 21.5 Å². The summed E-state index contributed by atoms with van der Waals surface area (Å²) < 4.78 is 44.9. The van der Waals surface area contributed by atoms with Crippen molar-refractivity contribution in [2.75, 3.05) is 5.32 Å². The Bertz CT molecular complexity index is 1270. The topological polar surface area (TPSA) is 97.2 Å². The molecule has 4 aromatic rings. The smallest absolute Gasteiger partial charge is 0.416 e. The van der Waals surface area contributed by atoms with E-state index in [2.05, 4.69) is 20.3 Å². The van der Waals surface area contributed by atoms with Gasteiger partial charge in [0, 0.05) is 11.6 Å². The third-order valence-electron chi connectivity index (χ3n) is 4.36. The fourth-order valence-corrected chi connectivity index (χ4v) is 3.65.